The van der Waals surface area contributed by atoms with Gasteiger partial charge in [0.15, 0.2) is 0 Å². The number of aliphatic hydroxyl groups is 1. The Morgan fingerprint density at radius 3 is 2.33 bits per heavy atom. The lowest BCUT2D eigenvalue weighted by Crippen LogP contribution is -2.27. The molecule has 0 radical (unpaired) electrons. The van der Waals surface area contributed by atoms with Crippen molar-refractivity contribution in [1.29, 1.82) is 0 Å². The van der Waals surface area contributed by atoms with Crippen molar-refractivity contribution in [3.8, 4) is 0 Å². The summed E-state index contributed by atoms with van der Waals surface area (Å²) >= 11 is 0. The number of hydrogen-bond acceptors (Lipinski definition) is 5. The van der Waals surface area contributed by atoms with Gasteiger partial charge in [0.25, 0.3) is 0 Å². The van der Waals surface area contributed by atoms with Crippen LogP contribution >= 0.6 is 0 Å². The van der Waals surface area contributed by atoms with E-state index < -0.39 is 17.7 Å². The topological polar surface area (TPSA) is 84.9 Å². The van der Waals surface area contributed by atoms with E-state index in [2.05, 4.69) is 10.1 Å². The van der Waals surface area contributed by atoms with Gasteiger partial charge in [0.2, 0.25) is 0 Å². The molecule has 0 atom stereocenters. The Hall–Kier alpha value is -2.08. The molecule has 0 saturated carbocycles. The summed E-state index contributed by atoms with van der Waals surface area (Å²) < 4.78 is 9.75. The van der Waals surface area contributed by atoms with Crippen LogP contribution in [0.3, 0.4) is 0 Å². The summed E-state index contributed by atoms with van der Waals surface area (Å²) in [5, 5.41) is 11.8. The Bertz CT molecular complexity index is 519. The standard InChI is InChI=1S/C15H21NO5/c1-15(2,3)21-14(19)16-12-6-10(8-13(18)20-4)5-11(7-12)9-17/h5-7,17H,8-9H2,1-4H3,(H,16,19). The third kappa shape index (κ3) is 6.27. The zero-order chi connectivity index (χ0) is 16.0. The monoisotopic (exact) mass is 295 g/mol. The van der Waals surface area contributed by atoms with Crippen LogP contribution < -0.4 is 5.32 Å². The van der Waals surface area contributed by atoms with Crippen molar-refractivity contribution in [1.82, 2.24) is 0 Å². The summed E-state index contributed by atoms with van der Waals surface area (Å²) in [6.07, 6.45) is -0.533. The van der Waals surface area contributed by atoms with E-state index in [4.69, 9.17) is 4.74 Å². The summed E-state index contributed by atoms with van der Waals surface area (Å²) in [6.45, 7) is 5.09. The van der Waals surface area contributed by atoms with E-state index >= 15 is 0 Å². The maximum atomic E-state index is 11.7. The highest BCUT2D eigenvalue weighted by Crippen LogP contribution is 2.17. The largest absolute Gasteiger partial charge is 0.469 e. The lowest BCUT2D eigenvalue weighted by atomic mass is 10.1. The number of amides is 1. The molecule has 21 heavy (non-hydrogen) atoms. The van der Waals surface area contributed by atoms with E-state index in [0.717, 1.165) is 0 Å². The number of aliphatic hydroxyl groups excluding tert-OH is 1. The molecule has 0 bridgehead atoms. The third-order valence-electron chi connectivity index (χ3n) is 2.46. The molecule has 1 rings (SSSR count). The van der Waals surface area contributed by atoms with Gasteiger partial charge >= 0.3 is 12.1 Å². The molecule has 0 aliphatic heterocycles. The number of benzene rings is 1. The minimum atomic E-state index is -0.604. The highest BCUT2D eigenvalue weighted by Gasteiger charge is 2.16. The summed E-state index contributed by atoms with van der Waals surface area (Å²) in [7, 11) is 1.30. The molecule has 6 heteroatoms. The van der Waals surface area contributed by atoms with Gasteiger partial charge in [0, 0.05) is 5.69 Å². The second-order valence-corrected chi connectivity index (χ2v) is 5.58. The molecule has 0 fully saturated rings. The van der Waals surface area contributed by atoms with Gasteiger partial charge in [-0.3, -0.25) is 10.1 Å². The normalized spacial score (nSPS) is 10.9. The van der Waals surface area contributed by atoms with Crippen LogP contribution in [0.15, 0.2) is 18.2 Å². The Kier molecular flexibility index (Phi) is 5.72. The number of carbonyl (C=O) groups excluding carboxylic acids is 2. The Morgan fingerprint density at radius 2 is 1.81 bits per heavy atom. The van der Waals surface area contributed by atoms with Crippen LogP contribution in [0.2, 0.25) is 0 Å². The van der Waals surface area contributed by atoms with E-state index in [1.165, 1.54) is 7.11 Å². The third-order valence-corrected chi connectivity index (χ3v) is 2.46. The highest BCUT2D eigenvalue weighted by molar-refractivity contribution is 5.85. The molecule has 0 heterocycles. The quantitative estimate of drug-likeness (QED) is 0.832. The Balaban J connectivity index is 2.88. The van der Waals surface area contributed by atoms with E-state index in [1.54, 1.807) is 39.0 Å². The number of rotatable bonds is 4. The second-order valence-electron chi connectivity index (χ2n) is 5.58. The predicted octanol–water partition coefficient (Wildman–Crippen LogP) is 2.24. The predicted molar refractivity (Wildman–Crippen MR) is 77.9 cm³/mol. The number of nitrogens with one attached hydrogen (secondary N) is 1. The lowest BCUT2D eigenvalue weighted by molar-refractivity contribution is -0.139. The first-order valence-electron chi connectivity index (χ1n) is 6.54. The minimum Gasteiger partial charge on any atom is -0.469 e. The molecule has 116 valence electrons. The molecule has 0 unspecified atom stereocenters. The highest BCUT2D eigenvalue weighted by atomic mass is 16.6. The van der Waals surface area contributed by atoms with Gasteiger partial charge in [-0.15, -0.1) is 0 Å². The fourth-order valence-electron chi connectivity index (χ4n) is 1.69. The molecule has 1 aromatic rings. The van der Waals surface area contributed by atoms with E-state index in [1.807, 2.05) is 0 Å². The molecule has 2 N–H and O–H groups in total. The van der Waals surface area contributed by atoms with Gasteiger partial charge < -0.3 is 14.6 Å². The summed E-state index contributed by atoms with van der Waals surface area (Å²) in [4.78, 5) is 23.0. The molecule has 0 saturated heterocycles. The molecular weight excluding hydrogens is 274 g/mol. The van der Waals surface area contributed by atoms with E-state index in [9.17, 15) is 14.7 Å². The molecule has 1 aromatic carbocycles. The maximum Gasteiger partial charge on any atom is 0.412 e. The van der Waals surface area contributed by atoms with Crippen LogP contribution in [-0.2, 0) is 27.3 Å². The summed E-state index contributed by atoms with van der Waals surface area (Å²) in [6, 6.07) is 4.93. The first-order chi connectivity index (χ1) is 9.73. The second kappa shape index (κ2) is 7.08. The average molecular weight is 295 g/mol. The molecule has 0 aliphatic rings. The van der Waals surface area contributed by atoms with Crippen LogP contribution in [0.5, 0.6) is 0 Å². The Labute approximate surface area is 124 Å². The molecule has 1 amide bonds. The number of hydrogen-bond donors (Lipinski definition) is 2. The fraction of sp³-hybridized carbons (Fsp3) is 0.467. The van der Waals surface area contributed by atoms with Crippen molar-refractivity contribution in [3.05, 3.63) is 29.3 Å². The van der Waals surface area contributed by atoms with Crippen LogP contribution in [-0.4, -0.2) is 29.9 Å². The van der Waals surface area contributed by atoms with Crippen LogP contribution in [0.1, 0.15) is 31.9 Å². The van der Waals surface area contributed by atoms with Crippen molar-refractivity contribution < 1.29 is 24.2 Å². The number of methoxy groups -OCH3 is 1. The SMILES string of the molecule is COC(=O)Cc1cc(CO)cc(NC(=O)OC(C)(C)C)c1. The van der Waals surface area contributed by atoms with Crippen LogP contribution in [0.25, 0.3) is 0 Å². The zero-order valence-electron chi connectivity index (χ0n) is 12.7. The lowest BCUT2D eigenvalue weighted by Gasteiger charge is -2.20. The van der Waals surface area contributed by atoms with Crippen molar-refractivity contribution in [2.45, 2.75) is 39.4 Å². The van der Waals surface area contributed by atoms with Crippen molar-refractivity contribution in [2.75, 3.05) is 12.4 Å². The summed E-state index contributed by atoms with van der Waals surface area (Å²) in [5.41, 5.74) is 1.07. The van der Waals surface area contributed by atoms with E-state index in [-0.39, 0.29) is 13.0 Å². The summed E-state index contributed by atoms with van der Waals surface area (Å²) in [5.74, 6) is -0.395. The van der Waals surface area contributed by atoms with Crippen LogP contribution in [0.4, 0.5) is 10.5 Å². The number of esters is 1. The van der Waals surface area contributed by atoms with Gasteiger partial charge in [-0.2, -0.15) is 0 Å². The smallest absolute Gasteiger partial charge is 0.412 e. The van der Waals surface area contributed by atoms with Crippen molar-refractivity contribution in [2.24, 2.45) is 0 Å². The molecule has 0 aliphatic carbocycles. The number of carbonyl (C=O) groups is 2. The first kappa shape index (κ1) is 17.0. The van der Waals surface area contributed by atoms with Gasteiger partial charge in [0.1, 0.15) is 5.60 Å². The molecule has 0 spiro atoms. The van der Waals surface area contributed by atoms with Gasteiger partial charge in [0.05, 0.1) is 20.1 Å². The van der Waals surface area contributed by atoms with Crippen molar-refractivity contribution >= 4 is 17.7 Å². The van der Waals surface area contributed by atoms with Crippen LogP contribution in [0, 0.1) is 0 Å². The average Bonchev–Trinajstić information content (AvgIpc) is 2.35. The van der Waals surface area contributed by atoms with Gasteiger partial charge in [-0.25, -0.2) is 4.79 Å². The van der Waals surface area contributed by atoms with Crippen molar-refractivity contribution in [3.63, 3.8) is 0 Å². The number of anilines is 1. The fourth-order valence-corrected chi connectivity index (χ4v) is 1.69. The molecule has 6 nitrogen and oxygen atoms in total. The van der Waals surface area contributed by atoms with E-state index in [0.29, 0.717) is 16.8 Å². The minimum absolute atomic E-state index is 0.0628. The maximum absolute atomic E-state index is 11.7. The zero-order valence-corrected chi connectivity index (χ0v) is 12.7. The number of ether oxygens (including phenoxy) is 2. The molecule has 0 aromatic heterocycles. The Morgan fingerprint density at radius 1 is 1.19 bits per heavy atom. The molecular formula is C15H21NO5. The first-order valence-corrected chi connectivity index (χ1v) is 6.54. The van der Waals surface area contributed by atoms with Gasteiger partial charge in [-0.1, -0.05) is 6.07 Å². The van der Waals surface area contributed by atoms with Gasteiger partial charge in [-0.05, 0) is 44.0 Å².